The van der Waals surface area contributed by atoms with Gasteiger partial charge in [-0.3, -0.25) is 0 Å². The molecular formula is C58H40N2. The number of aromatic nitrogens is 1. The Morgan fingerprint density at radius 3 is 1.57 bits per heavy atom. The molecule has 10 aromatic carbocycles. The number of fused-ring (bicyclic) bond motifs is 5. The van der Waals surface area contributed by atoms with Crippen LogP contribution in [0, 0.1) is 0 Å². The van der Waals surface area contributed by atoms with Gasteiger partial charge in [0.1, 0.15) is 0 Å². The van der Waals surface area contributed by atoms with E-state index >= 15 is 0 Å². The number of benzene rings is 10. The van der Waals surface area contributed by atoms with Crippen LogP contribution in [0.2, 0.25) is 0 Å². The SMILES string of the molecule is c1ccc(-c2ccccc2-c2ccc(N(c3cccc(-c4cccc5c4c4c6ccccc6ccc4n5-c4ccccc4)c3)c3ccccc3-c3ccccc3)cc2)cc1. The van der Waals surface area contributed by atoms with E-state index in [1.54, 1.807) is 0 Å². The van der Waals surface area contributed by atoms with E-state index in [4.69, 9.17) is 0 Å². The van der Waals surface area contributed by atoms with Gasteiger partial charge in [-0.1, -0.05) is 188 Å². The van der Waals surface area contributed by atoms with E-state index in [0.29, 0.717) is 0 Å². The fourth-order valence-corrected chi connectivity index (χ4v) is 9.09. The van der Waals surface area contributed by atoms with Crippen molar-refractivity contribution < 1.29 is 0 Å². The van der Waals surface area contributed by atoms with Crippen molar-refractivity contribution in [2.75, 3.05) is 4.90 Å². The molecule has 0 saturated heterocycles. The van der Waals surface area contributed by atoms with Gasteiger partial charge >= 0.3 is 0 Å². The molecule has 0 saturated carbocycles. The van der Waals surface area contributed by atoms with E-state index in [1.807, 2.05) is 0 Å². The lowest BCUT2D eigenvalue weighted by atomic mass is 9.94. The van der Waals surface area contributed by atoms with Crippen LogP contribution in [-0.2, 0) is 0 Å². The summed E-state index contributed by atoms with van der Waals surface area (Å²) in [5, 5.41) is 5.01. The molecule has 0 aliphatic rings. The monoisotopic (exact) mass is 764 g/mol. The van der Waals surface area contributed by atoms with Crippen LogP contribution >= 0.6 is 0 Å². The van der Waals surface area contributed by atoms with Crippen LogP contribution in [0.1, 0.15) is 0 Å². The van der Waals surface area contributed by atoms with Crippen LogP contribution < -0.4 is 4.90 Å². The predicted octanol–water partition coefficient (Wildman–Crippen LogP) is 16.1. The van der Waals surface area contributed by atoms with E-state index in [0.717, 1.165) is 28.3 Å². The van der Waals surface area contributed by atoms with Crippen LogP contribution in [0.15, 0.2) is 243 Å². The molecule has 0 aliphatic carbocycles. The van der Waals surface area contributed by atoms with Gasteiger partial charge < -0.3 is 9.47 Å². The van der Waals surface area contributed by atoms with Gasteiger partial charge in [-0.05, 0) is 104 Å². The number of nitrogens with zero attached hydrogens (tertiary/aromatic N) is 2. The van der Waals surface area contributed by atoms with Gasteiger partial charge in [-0.15, -0.1) is 0 Å². The van der Waals surface area contributed by atoms with Gasteiger partial charge in [0, 0.05) is 33.4 Å². The first-order valence-electron chi connectivity index (χ1n) is 20.6. The number of anilines is 3. The first kappa shape index (κ1) is 35.2. The van der Waals surface area contributed by atoms with E-state index < -0.39 is 0 Å². The van der Waals surface area contributed by atoms with Crippen molar-refractivity contribution in [1.82, 2.24) is 4.57 Å². The highest BCUT2D eigenvalue weighted by Crippen LogP contribution is 2.45. The third-order valence-corrected chi connectivity index (χ3v) is 11.8. The predicted molar refractivity (Wildman–Crippen MR) is 255 cm³/mol. The summed E-state index contributed by atoms with van der Waals surface area (Å²) in [7, 11) is 0. The van der Waals surface area contributed by atoms with E-state index in [2.05, 4.69) is 252 Å². The molecule has 0 bridgehead atoms. The van der Waals surface area contributed by atoms with E-state index in [-0.39, 0.29) is 0 Å². The van der Waals surface area contributed by atoms with Crippen LogP contribution in [-0.4, -0.2) is 4.57 Å². The van der Waals surface area contributed by atoms with Crippen molar-refractivity contribution in [3.8, 4) is 50.2 Å². The Bertz CT molecular complexity index is 3290. The molecule has 0 unspecified atom stereocenters. The minimum atomic E-state index is 1.08. The summed E-state index contributed by atoms with van der Waals surface area (Å²) < 4.78 is 2.42. The molecule has 11 aromatic rings. The van der Waals surface area contributed by atoms with E-state index in [9.17, 15) is 0 Å². The zero-order valence-electron chi connectivity index (χ0n) is 33.0. The van der Waals surface area contributed by atoms with Crippen molar-refractivity contribution in [2.45, 2.75) is 0 Å². The highest BCUT2D eigenvalue weighted by atomic mass is 15.1. The van der Waals surface area contributed by atoms with Crippen LogP contribution in [0.4, 0.5) is 17.1 Å². The maximum atomic E-state index is 2.42. The summed E-state index contributed by atoms with van der Waals surface area (Å²) in [6.45, 7) is 0. The third kappa shape index (κ3) is 6.14. The maximum absolute atomic E-state index is 2.42. The Balaban J connectivity index is 1.11. The van der Waals surface area contributed by atoms with Crippen molar-refractivity contribution in [3.05, 3.63) is 243 Å². The molecule has 0 aliphatic heterocycles. The standard InChI is InChI=1S/C58H40N2/c1-4-18-41(19-5-1)49-27-12-13-28-50(49)44-34-37-47(38-35-44)59(54-32-15-14-29-51(54)42-20-6-2-7-21-42)48-26-16-23-45(40-48)53-31-17-33-55-58(53)57-52-30-11-10-22-43(52)36-39-56(57)60(55)46-24-8-3-9-25-46/h1-40H. The summed E-state index contributed by atoms with van der Waals surface area (Å²) in [6, 6.07) is 87.8. The topological polar surface area (TPSA) is 8.17 Å². The Kier molecular flexibility index (Phi) is 8.87. The minimum Gasteiger partial charge on any atom is -0.310 e. The minimum absolute atomic E-state index is 1.08. The second kappa shape index (κ2) is 15.1. The number of hydrogen-bond donors (Lipinski definition) is 0. The Morgan fingerprint density at radius 2 is 0.833 bits per heavy atom. The molecule has 1 heterocycles. The molecule has 0 spiro atoms. The zero-order chi connectivity index (χ0) is 39.8. The molecule has 282 valence electrons. The Hall–Kier alpha value is -7.94. The zero-order valence-corrected chi connectivity index (χ0v) is 33.0. The summed E-state index contributed by atoms with van der Waals surface area (Å²) in [6.07, 6.45) is 0. The summed E-state index contributed by atoms with van der Waals surface area (Å²) in [4.78, 5) is 2.42. The maximum Gasteiger partial charge on any atom is 0.0547 e. The molecular weight excluding hydrogens is 725 g/mol. The number of rotatable bonds is 8. The molecule has 0 atom stereocenters. The molecule has 60 heavy (non-hydrogen) atoms. The lowest BCUT2D eigenvalue weighted by Crippen LogP contribution is -2.11. The second-order valence-electron chi connectivity index (χ2n) is 15.3. The summed E-state index contributed by atoms with van der Waals surface area (Å²) in [5.41, 5.74) is 16.4. The Labute approximate surface area is 350 Å². The molecule has 2 nitrogen and oxygen atoms in total. The van der Waals surface area contributed by atoms with Crippen molar-refractivity contribution in [2.24, 2.45) is 0 Å². The highest BCUT2D eigenvalue weighted by molar-refractivity contribution is 6.25. The van der Waals surface area contributed by atoms with Gasteiger partial charge in [0.2, 0.25) is 0 Å². The molecule has 0 radical (unpaired) electrons. The number of para-hydroxylation sites is 2. The first-order valence-corrected chi connectivity index (χ1v) is 20.6. The molecule has 0 amide bonds. The summed E-state index contributed by atoms with van der Waals surface area (Å²) in [5.74, 6) is 0. The average molecular weight is 765 g/mol. The normalized spacial score (nSPS) is 11.3. The largest absolute Gasteiger partial charge is 0.310 e. The van der Waals surface area contributed by atoms with Gasteiger partial charge in [0.15, 0.2) is 0 Å². The molecule has 0 N–H and O–H groups in total. The molecule has 11 rings (SSSR count). The lowest BCUT2D eigenvalue weighted by Gasteiger charge is -2.28. The van der Waals surface area contributed by atoms with Crippen LogP contribution in [0.5, 0.6) is 0 Å². The quantitative estimate of drug-likeness (QED) is 0.150. The highest BCUT2D eigenvalue weighted by Gasteiger charge is 2.21. The molecule has 2 heteroatoms. The van der Waals surface area contributed by atoms with Gasteiger partial charge in [-0.25, -0.2) is 0 Å². The van der Waals surface area contributed by atoms with Crippen molar-refractivity contribution in [3.63, 3.8) is 0 Å². The average Bonchev–Trinajstić information content (AvgIpc) is 3.68. The van der Waals surface area contributed by atoms with Crippen molar-refractivity contribution in [1.29, 1.82) is 0 Å². The fourth-order valence-electron chi connectivity index (χ4n) is 9.09. The molecule has 0 fully saturated rings. The molecule has 1 aromatic heterocycles. The summed E-state index contributed by atoms with van der Waals surface area (Å²) >= 11 is 0. The van der Waals surface area contributed by atoms with Crippen LogP contribution in [0.25, 0.3) is 82.8 Å². The Morgan fingerprint density at radius 1 is 0.300 bits per heavy atom. The fraction of sp³-hybridized carbons (Fsp3) is 0. The second-order valence-corrected chi connectivity index (χ2v) is 15.3. The first-order chi connectivity index (χ1) is 29.8. The van der Waals surface area contributed by atoms with Crippen LogP contribution in [0.3, 0.4) is 0 Å². The smallest absolute Gasteiger partial charge is 0.0547 e. The third-order valence-electron chi connectivity index (χ3n) is 11.8. The van der Waals surface area contributed by atoms with Gasteiger partial charge in [0.05, 0.1) is 16.7 Å². The van der Waals surface area contributed by atoms with Gasteiger partial charge in [0.25, 0.3) is 0 Å². The van der Waals surface area contributed by atoms with E-state index in [1.165, 1.54) is 71.5 Å². The van der Waals surface area contributed by atoms with Crippen molar-refractivity contribution >= 4 is 49.6 Å². The number of hydrogen-bond acceptors (Lipinski definition) is 1. The lowest BCUT2D eigenvalue weighted by molar-refractivity contribution is 1.18. The van der Waals surface area contributed by atoms with Gasteiger partial charge in [-0.2, -0.15) is 0 Å².